The van der Waals surface area contributed by atoms with Crippen LogP contribution in [0.3, 0.4) is 0 Å². The summed E-state index contributed by atoms with van der Waals surface area (Å²) < 4.78 is 5.60. The number of aryl methyl sites for hydroxylation is 2. The van der Waals surface area contributed by atoms with Gasteiger partial charge in [0.25, 0.3) is 0 Å². The molecular weight excluding hydrogens is 236 g/mol. The van der Waals surface area contributed by atoms with E-state index in [1.54, 1.807) is 6.20 Å². The van der Waals surface area contributed by atoms with Gasteiger partial charge in [0.1, 0.15) is 5.76 Å². The molecule has 1 heterocycles. The molecule has 3 heteroatoms. The van der Waals surface area contributed by atoms with Gasteiger partial charge >= 0.3 is 0 Å². The van der Waals surface area contributed by atoms with E-state index in [1.807, 2.05) is 6.92 Å². The largest absolute Gasteiger partial charge is 0.444 e. The summed E-state index contributed by atoms with van der Waals surface area (Å²) in [4.78, 5) is 4.31. The minimum atomic E-state index is 0.143. The van der Waals surface area contributed by atoms with E-state index in [0.29, 0.717) is 6.04 Å². The third-order valence-corrected chi connectivity index (χ3v) is 3.83. The van der Waals surface area contributed by atoms with Gasteiger partial charge in [-0.15, -0.1) is 0 Å². The Morgan fingerprint density at radius 1 is 1.37 bits per heavy atom. The van der Waals surface area contributed by atoms with Crippen molar-refractivity contribution in [3.8, 4) is 0 Å². The molecule has 0 radical (unpaired) electrons. The first-order valence-electron chi connectivity index (χ1n) is 7.00. The number of hydrogen-bond acceptors (Lipinski definition) is 3. The van der Waals surface area contributed by atoms with Crippen molar-refractivity contribution in [1.82, 2.24) is 10.3 Å². The first-order chi connectivity index (χ1) is 9.24. The fourth-order valence-electron chi connectivity index (χ4n) is 2.87. The molecule has 1 N–H and O–H groups in total. The van der Waals surface area contributed by atoms with Gasteiger partial charge in [0.05, 0.1) is 12.2 Å². The van der Waals surface area contributed by atoms with Gasteiger partial charge in [-0.1, -0.05) is 24.3 Å². The maximum absolute atomic E-state index is 5.60. The maximum atomic E-state index is 5.60. The zero-order valence-electron chi connectivity index (χ0n) is 11.5. The molecule has 1 aromatic heterocycles. The van der Waals surface area contributed by atoms with Crippen LogP contribution in [0.4, 0.5) is 0 Å². The summed E-state index contributed by atoms with van der Waals surface area (Å²) in [6.07, 6.45) is 5.40. The predicted octanol–water partition coefficient (Wildman–Crippen LogP) is 3.71. The van der Waals surface area contributed by atoms with Crippen LogP contribution < -0.4 is 5.32 Å². The summed E-state index contributed by atoms with van der Waals surface area (Å²) in [5.74, 6) is 1.65. The Hall–Kier alpha value is -1.61. The lowest BCUT2D eigenvalue weighted by atomic mass is 9.87. The van der Waals surface area contributed by atoms with Crippen LogP contribution in [-0.2, 0) is 6.42 Å². The van der Waals surface area contributed by atoms with Gasteiger partial charge in [0.2, 0.25) is 5.89 Å². The molecule has 0 aliphatic heterocycles. The van der Waals surface area contributed by atoms with Gasteiger partial charge in [-0.25, -0.2) is 4.98 Å². The molecule has 0 fully saturated rings. The van der Waals surface area contributed by atoms with Crippen LogP contribution in [0.5, 0.6) is 0 Å². The molecule has 2 atom stereocenters. The number of fused-ring (bicyclic) bond motifs is 1. The molecule has 0 spiro atoms. The maximum Gasteiger partial charge on any atom is 0.211 e. The van der Waals surface area contributed by atoms with E-state index in [4.69, 9.17) is 4.42 Å². The standard InChI is InChI=1S/C16H20N2O/c1-11-10-17-16(19-11)12(2)18-15-9-5-7-13-6-3-4-8-14(13)15/h3-4,6,8,10,12,15,18H,5,7,9H2,1-2H3. The summed E-state index contributed by atoms with van der Waals surface area (Å²) in [5, 5.41) is 3.65. The molecular formula is C16H20N2O. The topological polar surface area (TPSA) is 38.1 Å². The normalized spacial score (nSPS) is 20.0. The van der Waals surface area contributed by atoms with Crippen molar-refractivity contribution in [3.63, 3.8) is 0 Å². The number of rotatable bonds is 3. The second-order valence-corrected chi connectivity index (χ2v) is 5.34. The summed E-state index contributed by atoms with van der Waals surface area (Å²) in [5.41, 5.74) is 2.91. The number of hydrogen-bond donors (Lipinski definition) is 1. The number of nitrogens with zero attached hydrogens (tertiary/aromatic N) is 1. The van der Waals surface area contributed by atoms with Crippen molar-refractivity contribution < 1.29 is 4.42 Å². The number of aromatic nitrogens is 1. The highest BCUT2D eigenvalue weighted by molar-refractivity contribution is 5.32. The minimum Gasteiger partial charge on any atom is -0.444 e. The Bertz CT molecular complexity index is 561. The molecule has 1 aromatic carbocycles. The smallest absolute Gasteiger partial charge is 0.211 e. The lowest BCUT2D eigenvalue weighted by molar-refractivity contribution is 0.352. The molecule has 0 amide bonds. The highest BCUT2D eigenvalue weighted by atomic mass is 16.4. The Balaban J connectivity index is 1.77. The van der Waals surface area contributed by atoms with Crippen LogP contribution in [0.1, 0.15) is 54.6 Å². The lowest BCUT2D eigenvalue weighted by Crippen LogP contribution is -2.27. The van der Waals surface area contributed by atoms with E-state index in [-0.39, 0.29) is 6.04 Å². The van der Waals surface area contributed by atoms with Gasteiger partial charge in [-0.05, 0) is 44.2 Å². The second kappa shape index (κ2) is 5.17. The van der Waals surface area contributed by atoms with Crippen LogP contribution in [0.15, 0.2) is 34.9 Å². The Labute approximate surface area is 114 Å². The van der Waals surface area contributed by atoms with Crippen LogP contribution >= 0.6 is 0 Å². The van der Waals surface area contributed by atoms with Crippen molar-refractivity contribution in [1.29, 1.82) is 0 Å². The zero-order chi connectivity index (χ0) is 13.2. The third kappa shape index (κ3) is 2.56. The molecule has 19 heavy (non-hydrogen) atoms. The first kappa shape index (κ1) is 12.4. The number of oxazole rings is 1. The average molecular weight is 256 g/mol. The van der Waals surface area contributed by atoms with E-state index in [2.05, 4.69) is 41.5 Å². The highest BCUT2D eigenvalue weighted by Crippen LogP contribution is 2.31. The Kier molecular flexibility index (Phi) is 3.38. The summed E-state index contributed by atoms with van der Waals surface area (Å²) in [6, 6.07) is 9.28. The van der Waals surface area contributed by atoms with E-state index in [0.717, 1.165) is 11.7 Å². The zero-order valence-corrected chi connectivity index (χ0v) is 11.5. The van der Waals surface area contributed by atoms with Gasteiger partial charge in [0, 0.05) is 6.04 Å². The molecule has 2 aromatic rings. The summed E-state index contributed by atoms with van der Waals surface area (Å²) in [6.45, 7) is 4.04. The van der Waals surface area contributed by atoms with Crippen LogP contribution in [0.2, 0.25) is 0 Å². The Morgan fingerprint density at radius 2 is 2.21 bits per heavy atom. The van der Waals surface area contributed by atoms with Gasteiger partial charge in [0.15, 0.2) is 0 Å². The molecule has 0 saturated heterocycles. The van der Waals surface area contributed by atoms with Gasteiger partial charge in [-0.3, -0.25) is 5.32 Å². The molecule has 2 unspecified atom stereocenters. The highest BCUT2D eigenvalue weighted by Gasteiger charge is 2.22. The average Bonchev–Trinajstić information content (AvgIpc) is 2.86. The molecule has 3 rings (SSSR count). The molecule has 100 valence electrons. The van der Waals surface area contributed by atoms with Crippen LogP contribution in [0.25, 0.3) is 0 Å². The van der Waals surface area contributed by atoms with Gasteiger partial charge in [-0.2, -0.15) is 0 Å². The van der Waals surface area contributed by atoms with Crippen molar-refractivity contribution in [3.05, 3.63) is 53.2 Å². The molecule has 1 aliphatic carbocycles. The molecule has 0 bridgehead atoms. The van der Waals surface area contributed by atoms with Crippen molar-refractivity contribution in [2.24, 2.45) is 0 Å². The molecule has 1 aliphatic rings. The fraction of sp³-hybridized carbons (Fsp3) is 0.438. The van der Waals surface area contributed by atoms with E-state index in [9.17, 15) is 0 Å². The van der Waals surface area contributed by atoms with Crippen molar-refractivity contribution in [2.75, 3.05) is 0 Å². The van der Waals surface area contributed by atoms with E-state index < -0.39 is 0 Å². The Morgan fingerprint density at radius 3 is 3.00 bits per heavy atom. The number of benzene rings is 1. The van der Waals surface area contributed by atoms with Crippen LogP contribution in [0, 0.1) is 6.92 Å². The molecule has 0 saturated carbocycles. The lowest BCUT2D eigenvalue weighted by Gasteiger charge is -2.28. The second-order valence-electron chi connectivity index (χ2n) is 5.34. The third-order valence-electron chi connectivity index (χ3n) is 3.83. The van der Waals surface area contributed by atoms with Gasteiger partial charge < -0.3 is 4.42 Å². The number of nitrogens with one attached hydrogen (secondary N) is 1. The molecule has 3 nitrogen and oxygen atoms in total. The SMILES string of the molecule is Cc1cnc(C(C)NC2CCCc3ccccc32)o1. The first-order valence-corrected chi connectivity index (χ1v) is 7.00. The van der Waals surface area contributed by atoms with E-state index >= 15 is 0 Å². The predicted molar refractivity (Wildman–Crippen MR) is 74.9 cm³/mol. The van der Waals surface area contributed by atoms with Crippen molar-refractivity contribution >= 4 is 0 Å². The van der Waals surface area contributed by atoms with Crippen LogP contribution in [-0.4, -0.2) is 4.98 Å². The summed E-state index contributed by atoms with van der Waals surface area (Å²) in [7, 11) is 0. The summed E-state index contributed by atoms with van der Waals surface area (Å²) >= 11 is 0. The monoisotopic (exact) mass is 256 g/mol. The van der Waals surface area contributed by atoms with Crippen molar-refractivity contribution in [2.45, 2.75) is 45.2 Å². The minimum absolute atomic E-state index is 0.143. The quantitative estimate of drug-likeness (QED) is 0.909. The van der Waals surface area contributed by atoms with E-state index in [1.165, 1.54) is 30.4 Å². The fourth-order valence-corrected chi connectivity index (χ4v) is 2.87.